The number of ether oxygens (including phenoxy) is 1. The zero-order chi connectivity index (χ0) is 18.8. The highest BCUT2D eigenvalue weighted by atomic mass is 35.5. The van der Waals surface area contributed by atoms with Crippen LogP contribution in [0.25, 0.3) is 0 Å². The van der Waals surface area contributed by atoms with E-state index >= 15 is 0 Å². The maximum Gasteiger partial charge on any atom is 0.407 e. The first-order chi connectivity index (χ1) is 13.1. The summed E-state index contributed by atoms with van der Waals surface area (Å²) in [5.41, 5.74) is 3.05. The second kappa shape index (κ2) is 7.84. The largest absolute Gasteiger partial charge is 0.465 e. The third-order valence-corrected chi connectivity index (χ3v) is 5.45. The summed E-state index contributed by atoms with van der Waals surface area (Å²) < 4.78 is 5.97. The van der Waals surface area contributed by atoms with Crippen LogP contribution in [0.5, 0.6) is 0 Å². The molecule has 3 heterocycles. The second-order valence-corrected chi connectivity index (χ2v) is 7.42. The van der Waals surface area contributed by atoms with Crippen LogP contribution in [0.4, 0.5) is 4.79 Å². The molecule has 0 saturated carbocycles. The van der Waals surface area contributed by atoms with Gasteiger partial charge >= 0.3 is 6.09 Å². The van der Waals surface area contributed by atoms with E-state index in [1.165, 1.54) is 10.5 Å². The van der Waals surface area contributed by atoms with Crippen LogP contribution in [-0.4, -0.2) is 58.3 Å². The van der Waals surface area contributed by atoms with Crippen LogP contribution in [0, 0.1) is 0 Å². The lowest BCUT2D eigenvalue weighted by molar-refractivity contribution is -0.0497. The molecule has 2 unspecified atom stereocenters. The van der Waals surface area contributed by atoms with Crippen molar-refractivity contribution in [2.75, 3.05) is 26.2 Å². The van der Waals surface area contributed by atoms with E-state index in [0.29, 0.717) is 24.8 Å². The topological polar surface area (TPSA) is 65.9 Å². The fourth-order valence-electron chi connectivity index (χ4n) is 3.93. The fourth-order valence-corrected chi connectivity index (χ4v) is 4.08. The molecule has 2 aliphatic heterocycles. The first-order valence-electron chi connectivity index (χ1n) is 9.13. The Bertz CT molecular complexity index is 817. The quantitative estimate of drug-likeness (QED) is 0.819. The highest BCUT2D eigenvalue weighted by Crippen LogP contribution is 2.32. The summed E-state index contributed by atoms with van der Waals surface area (Å²) in [5.74, 6) is 0. The standard InChI is InChI=1S/C20H22ClN3O3/c21-18-7-6-15-11-24(20(25)26)13-17(19(15)22-18)23-8-9-27-16(12-23)10-14-4-2-1-3-5-14/h1-7,16-17H,8-13H2,(H,25,26). The van der Waals surface area contributed by atoms with Crippen molar-refractivity contribution >= 4 is 17.7 Å². The number of carboxylic acid groups (broad SMARTS) is 1. The minimum absolute atomic E-state index is 0.0731. The van der Waals surface area contributed by atoms with Crippen LogP contribution in [-0.2, 0) is 17.7 Å². The average molecular weight is 388 g/mol. The predicted molar refractivity (Wildman–Crippen MR) is 102 cm³/mol. The van der Waals surface area contributed by atoms with E-state index in [0.717, 1.165) is 30.8 Å². The Morgan fingerprint density at radius 3 is 2.81 bits per heavy atom. The molecular formula is C20H22ClN3O3. The lowest BCUT2D eigenvalue weighted by Crippen LogP contribution is -2.50. The van der Waals surface area contributed by atoms with Gasteiger partial charge in [-0.25, -0.2) is 9.78 Å². The number of aromatic nitrogens is 1. The van der Waals surface area contributed by atoms with Crippen molar-refractivity contribution in [3.8, 4) is 0 Å². The van der Waals surface area contributed by atoms with Crippen molar-refractivity contribution in [3.05, 3.63) is 64.4 Å². The molecule has 0 aliphatic carbocycles. The molecule has 7 heteroatoms. The molecule has 2 aromatic rings. The van der Waals surface area contributed by atoms with E-state index in [1.54, 1.807) is 6.07 Å². The van der Waals surface area contributed by atoms with Gasteiger partial charge < -0.3 is 14.7 Å². The van der Waals surface area contributed by atoms with Gasteiger partial charge in [0.15, 0.2) is 0 Å². The van der Waals surface area contributed by atoms with Crippen LogP contribution in [0.3, 0.4) is 0 Å². The molecule has 6 nitrogen and oxygen atoms in total. The monoisotopic (exact) mass is 387 g/mol. The number of nitrogens with zero attached hydrogens (tertiary/aromatic N) is 3. The van der Waals surface area contributed by atoms with Gasteiger partial charge in [-0.2, -0.15) is 0 Å². The fraction of sp³-hybridized carbons (Fsp3) is 0.400. The smallest absolute Gasteiger partial charge is 0.407 e. The van der Waals surface area contributed by atoms with E-state index in [1.807, 2.05) is 24.3 Å². The van der Waals surface area contributed by atoms with Crippen molar-refractivity contribution in [1.29, 1.82) is 0 Å². The van der Waals surface area contributed by atoms with Gasteiger partial charge in [0.1, 0.15) is 5.15 Å². The molecule has 1 N–H and O–H groups in total. The van der Waals surface area contributed by atoms with Crippen LogP contribution < -0.4 is 0 Å². The van der Waals surface area contributed by atoms with Crippen molar-refractivity contribution in [2.45, 2.75) is 25.1 Å². The summed E-state index contributed by atoms with van der Waals surface area (Å²) >= 11 is 6.13. The Balaban J connectivity index is 1.55. The zero-order valence-corrected chi connectivity index (χ0v) is 15.7. The van der Waals surface area contributed by atoms with E-state index in [-0.39, 0.29) is 12.1 Å². The first kappa shape index (κ1) is 18.2. The third kappa shape index (κ3) is 4.08. The number of carbonyl (C=O) groups is 1. The molecule has 1 aromatic carbocycles. The number of pyridine rings is 1. The summed E-state index contributed by atoms with van der Waals surface area (Å²) in [6.45, 7) is 2.85. The van der Waals surface area contributed by atoms with Gasteiger partial charge in [-0.1, -0.05) is 48.0 Å². The molecule has 2 atom stereocenters. The number of rotatable bonds is 3. The summed E-state index contributed by atoms with van der Waals surface area (Å²) in [4.78, 5) is 19.9. The molecule has 1 amide bonds. The molecule has 4 rings (SSSR count). The molecule has 0 bridgehead atoms. The number of morpholine rings is 1. The summed E-state index contributed by atoms with van der Waals surface area (Å²) in [7, 11) is 0. The maximum atomic E-state index is 11.6. The molecule has 27 heavy (non-hydrogen) atoms. The van der Waals surface area contributed by atoms with Crippen molar-refractivity contribution < 1.29 is 14.6 Å². The maximum absolute atomic E-state index is 11.6. The van der Waals surface area contributed by atoms with Crippen LogP contribution in [0.2, 0.25) is 5.15 Å². The van der Waals surface area contributed by atoms with Gasteiger partial charge in [-0.05, 0) is 23.6 Å². The van der Waals surface area contributed by atoms with Crippen molar-refractivity contribution in [3.63, 3.8) is 0 Å². The molecule has 0 spiro atoms. The molecule has 1 saturated heterocycles. The Labute approximate surface area is 163 Å². The van der Waals surface area contributed by atoms with Crippen LogP contribution >= 0.6 is 11.6 Å². The number of halogens is 1. The summed E-state index contributed by atoms with van der Waals surface area (Å²) in [6, 6.07) is 13.8. The molecule has 0 radical (unpaired) electrons. The predicted octanol–water partition coefficient (Wildman–Crippen LogP) is 3.21. The lowest BCUT2D eigenvalue weighted by Gasteiger charge is -2.42. The first-order valence-corrected chi connectivity index (χ1v) is 9.50. The van der Waals surface area contributed by atoms with E-state index in [9.17, 15) is 9.90 Å². The van der Waals surface area contributed by atoms with Gasteiger partial charge in [0.25, 0.3) is 0 Å². The molecular weight excluding hydrogens is 366 g/mol. The normalized spacial score (nSPS) is 23.1. The minimum Gasteiger partial charge on any atom is -0.465 e. The number of fused-ring (bicyclic) bond motifs is 1. The number of benzene rings is 1. The molecule has 2 aliphatic rings. The Hall–Kier alpha value is -2.15. The average Bonchev–Trinajstić information content (AvgIpc) is 2.68. The number of hydrogen-bond donors (Lipinski definition) is 1. The number of hydrogen-bond acceptors (Lipinski definition) is 4. The Kier molecular flexibility index (Phi) is 5.29. The van der Waals surface area contributed by atoms with Gasteiger partial charge in [-0.15, -0.1) is 0 Å². The van der Waals surface area contributed by atoms with Crippen molar-refractivity contribution in [2.24, 2.45) is 0 Å². The Morgan fingerprint density at radius 2 is 2.04 bits per heavy atom. The molecule has 1 fully saturated rings. The van der Waals surface area contributed by atoms with Gasteiger partial charge in [-0.3, -0.25) is 4.90 Å². The van der Waals surface area contributed by atoms with Gasteiger partial charge in [0.05, 0.1) is 31.0 Å². The zero-order valence-electron chi connectivity index (χ0n) is 14.9. The van der Waals surface area contributed by atoms with Gasteiger partial charge in [0.2, 0.25) is 0 Å². The third-order valence-electron chi connectivity index (χ3n) is 5.24. The van der Waals surface area contributed by atoms with E-state index in [4.69, 9.17) is 16.3 Å². The van der Waals surface area contributed by atoms with Crippen LogP contribution in [0.1, 0.15) is 22.9 Å². The minimum atomic E-state index is -0.908. The lowest BCUT2D eigenvalue weighted by atomic mass is 9.98. The van der Waals surface area contributed by atoms with E-state index < -0.39 is 6.09 Å². The Morgan fingerprint density at radius 1 is 1.22 bits per heavy atom. The highest BCUT2D eigenvalue weighted by molar-refractivity contribution is 6.29. The second-order valence-electron chi connectivity index (χ2n) is 7.03. The molecule has 1 aromatic heterocycles. The van der Waals surface area contributed by atoms with Gasteiger partial charge in [0, 0.05) is 19.6 Å². The van der Waals surface area contributed by atoms with Crippen molar-refractivity contribution in [1.82, 2.24) is 14.8 Å². The SMILES string of the molecule is O=C(O)N1Cc2ccc(Cl)nc2C(N2CCOC(Cc3ccccc3)C2)C1. The summed E-state index contributed by atoms with van der Waals surface area (Å²) in [5, 5.41) is 9.96. The van der Waals surface area contributed by atoms with E-state index in [2.05, 4.69) is 22.0 Å². The highest BCUT2D eigenvalue weighted by Gasteiger charge is 2.35. The van der Waals surface area contributed by atoms with Crippen LogP contribution in [0.15, 0.2) is 42.5 Å². The number of amides is 1. The summed E-state index contributed by atoms with van der Waals surface area (Å²) in [6.07, 6.45) is 0.00130. The molecule has 142 valence electrons.